The molecule has 1 atom stereocenters. The van der Waals surface area contributed by atoms with E-state index >= 15 is 0 Å². The lowest BCUT2D eigenvalue weighted by molar-refractivity contribution is -0.137. The average molecular weight is 249 g/mol. The molecule has 4 nitrogen and oxygen atoms in total. The Labute approximate surface area is 107 Å². The third-order valence-corrected chi connectivity index (χ3v) is 3.29. The van der Waals surface area contributed by atoms with Gasteiger partial charge in [-0.05, 0) is 43.9 Å². The maximum Gasteiger partial charge on any atom is 0.305 e. The number of carbonyl (C=O) groups is 1. The summed E-state index contributed by atoms with van der Waals surface area (Å²) in [5, 5.41) is 8.75. The molecule has 1 unspecified atom stereocenters. The van der Waals surface area contributed by atoms with Crippen LogP contribution in [0.2, 0.25) is 0 Å². The Morgan fingerprint density at radius 3 is 2.94 bits per heavy atom. The van der Waals surface area contributed by atoms with Gasteiger partial charge < -0.3 is 15.6 Å². The normalized spacial score (nSPS) is 18.6. The Morgan fingerprint density at radius 2 is 2.28 bits per heavy atom. The SMILES string of the molecule is CC1(C)CCc2cc(C(N)CC(=O)O)ccc2O1. The lowest BCUT2D eigenvalue weighted by Gasteiger charge is -2.33. The van der Waals surface area contributed by atoms with Crippen LogP contribution in [0.15, 0.2) is 18.2 Å². The number of aliphatic carboxylic acids is 1. The van der Waals surface area contributed by atoms with Crippen molar-refractivity contribution in [3.8, 4) is 5.75 Å². The standard InChI is InChI=1S/C14H19NO3/c1-14(2)6-5-10-7-9(3-4-12(10)18-14)11(15)8-13(16)17/h3-4,7,11H,5-6,8,15H2,1-2H3,(H,16,17). The second-order valence-corrected chi connectivity index (χ2v) is 5.43. The van der Waals surface area contributed by atoms with E-state index in [1.54, 1.807) is 0 Å². The van der Waals surface area contributed by atoms with E-state index in [0.717, 1.165) is 29.7 Å². The van der Waals surface area contributed by atoms with Gasteiger partial charge in [0, 0.05) is 6.04 Å². The molecule has 0 aromatic heterocycles. The fourth-order valence-electron chi connectivity index (χ4n) is 2.22. The first-order valence-electron chi connectivity index (χ1n) is 6.16. The van der Waals surface area contributed by atoms with E-state index < -0.39 is 12.0 Å². The Bertz CT molecular complexity index is 468. The summed E-state index contributed by atoms with van der Waals surface area (Å²) in [5.41, 5.74) is 7.71. The van der Waals surface area contributed by atoms with Crippen LogP contribution in [0.1, 0.15) is 43.9 Å². The van der Waals surface area contributed by atoms with Gasteiger partial charge in [0.15, 0.2) is 0 Å². The third kappa shape index (κ3) is 2.82. The zero-order valence-electron chi connectivity index (χ0n) is 10.8. The Balaban J connectivity index is 2.21. The summed E-state index contributed by atoms with van der Waals surface area (Å²) in [6.45, 7) is 4.14. The molecule has 3 N–H and O–H groups in total. The topological polar surface area (TPSA) is 72.6 Å². The molecule has 0 aliphatic carbocycles. The summed E-state index contributed by atoms with van der Waals surface area (Å²) in [5.74, 6) is 0.00938. The number of ether oxygens (including phenoxy) is 1. The minimum absolute atomic E-state index is 0.0505. The van der Waals surface area contributed by atoms with Crippen LogP contribution >= 0.6 is 0 Å². The maximum absolute atomic E-state index is 10.7. The van der Waals surface area contributed by atoms with E-state index in [1.807, 2.05) is 18.2 Å². The highest BCUT2D eigenvalue weighted by Gasteiger charge is 2.26. The Kier molecular flexibility index (Phi) is 3.30. The second kappa shape index (κ2) is 4.61. The summed E-state index contributed by atoms with van der Waals surface area (Å²) < 4.78 is 5.88. The van der Waals surface area contributed by atoms with E-state index in [-0.39, 0.29) is 12.0 Å². The summed E-state index contributed by atoms with van der Waals surface area (Å²) >= 11 is 0. The smallest absolute Gasteiger partial charge is 0.305 e. The molecule has 0 radical (unpaired) electrons. The van der Waals surface area contributed by atoms with Gasteiger partial charge in [0.05, 0.1) is 6.42 Å². The number of hydrogen-bond donors (Lipinski definition) is 2. The van der Waals surface area contributed by atoms with Crippen molar-refractivity contribution >= 4 is 5.97 Å². The molecule has 0 amide bonds. The van der Waals surface area contributed by atoms with Crippen LogP contribution in [-0.4, -0.2) is 16.7 Å². The van der Waals surface area contributed by atoms with Gasteiger partial charge in [-0.1, -0.05) is 12.1 Å². The quantitative estimate of drug-likeness (QED) is 0.861. The van der Waals surface area contributed by atoms with Crippen molar-refractivity contribution in [1.29, 1.82) is 0 Å². The molecule has 2 rings (SSSR count). The van der Waals surface area contributed by atoms with Crippen molar-refractivity contribution in [2.75, 3.05) is 0 Å². The molecule has 1 aromatic carbocycles. The lowest BCUT2D eigenvalue weighted by Crippen LogP contribution is -2.32. The van der Waals surface area contributed by atoms with Crippen molar-refractivity contribution in [2.24, 2.45) is 5.73 Å². The lowest BCUT2D eigenvalue weighted by atomic mass is 9.92. The van der Waals surface area contributed by atoms with Crippen LogP contribution in [0.5, 0.6) is 5.75 Å². The Hall–Kier alpha value is -1.55. The summed E-state index contributed by atoms with van der Waals surface area (Å²) in [6, 6.07) is 5.27. The number of nitrogens with two attached hydrogens (primary N) is 1. The summed E-state index contributed by atoms with van der Waals surface area (Å²) in [6.07, 6.45) is 1.85. The van der Waals surface area contributed by atoms with Crippen LogP contribution in [-0.2, 0) is 11.2 Å². The van der Waals surface area contributed by atoms with Gasteiger partial charge in [-0.3, -0.25) is 4.79 Å². The second-order valence-electron chi connectivity index (χ2n) is 5.43. The highest BCUT2D eigenvalue weighted by atomic mass is 16.5. The van der Waals surface area contributed by atoms with Crippen LogP contribution in [0.3, 0.4) is 0 Å². The first-order chi connectivity index (χ1) is 8.37. The number of hydrogen-bond acceptors (Lipinski definition) is 3. The van der Waals surface area contributed by atoms with Gasteiger partial charge in [0.25, 0.3) is 0 Å². The predicted octanol–water partition coefficient (Wildman–Crippen LogP) is 2.26. The number of aryl methyl sites for hydroxylation is 1. The first kappa shape index (κ1) is 12.9. The molecule has 1 aliphatic rings. The molecule has 0 spiro atoms. The molecule has 0 fully saturated rings. The number of benzene rings is 1. The van der Waals surface area contributed by atoms with Gasteiger partial charge in [-0.15, -0.1) is 0 Å². The predicted molar refractivity (Wildman–Crippen MR) is 68.7 cm³/mol. The maximum atomic E-state index is 10.7. The summed E-state index contributed by atoms with van der Waals surface area (Å²) in [4.78, 5) is 10.7. The molecule has 1 aromatic rings. The van der Waals surface area contributed by atoms with E-state index in [4.69, 9.17) is 15.6 Å². The number of rotatable bonds is 3. The fourth-order valence-corrected chi connectivity index (χ4v) is 2.22. The van der Waals surface area contributed by atoms with Crippen LogP contribution in [0.4, 0.5) is 0 Å². The number of carboxylic acids is 1. The Morgan fingerprint density at radius 1 is 1.56 bits per heavy atom. The minimum Gasteiger partial charge on any atom is -0.488 e. The highest BCUT2D eigenvalue weighted by molar-refractivity contribution is 5.68. The van der Waals surface area contributed by atoms with E-state index in [9.17, 15) is 4.79 Å². The molecule has 0 saturated carbocycles. The number of carboxylic acid groups (broad SMARTS) is 1. The largest absolute Gasteiger partial charge is 0.488 e. The molecule has 0 bridgehead atoms. The van der Waals surface area contributed by atoms with Crippen molar-refractivity contribution in [3.63, 3.8) is 0 Å². The first-order valence-corrected chi connectivity index (χ1v) is 6.16. The highest BCUT2D eigenvalue weighted by Crippen LogP contribution is 2.34. The molecule has 1 aliphatic heterocycles. The van der Waals surface area contributed by atoms with Gasteiger partial charge >= 0.3 is 5.97 Å². The molecule has 18 heavy (non-hydrogen) atoms. The van der Waals surface area contributed by atoms with Crippen LogP contribution in [0, 0.1) is 0 Å². The van der Waals surface area contributed by atoms with Gasteiger partial charge in [-0.2, -0.15) is 0 Å². The van der Waals surface area contributed by atoms with Crippen molar-refractivity contribution in [2.45, 2.75) is 44.8 Å². The average Bonchev–Trinajstić information content (AvgIpc) is 2.26. The van der Waals surface area contributed by atoms with Crippen molar-refractivity contribution < 1.29 is 14.6 Å². The third-order valence-electron chi connectivity index (χ3n) is 3.29. The molecular weight excluding hydrogens is 230 g/mol. The summed E-state index contributed by atoms with van der Waals surface area (Å²) in [7, 11) is 0. The monoisotopic (exact) mass is 249 g/mol. The zero-order valence-corrected chi connectivity index (χ0v) is 10.8. The molecular formula is C14H19NO3. The van der Waals surface area contributed by atoms with E-state index in [2.05, 4.69) is 13.8 Å². The van der Waals surface area contributed by atoms with Gasteiger partial charge in [0.1, 0.15) is 11.4 Å². The van der Waals surface area contributed by atoms with Crippen LogP contribution < -0.4 is 10.5 Å². The zero-order chi connectivity index (χ0) is 13.3. The number of fused-ring (bicyclic) bond motifs is 1. The van der Waals surface area contributed by atoms with E-state index in [1.165, 1.54) is 0 Å². The van der Waals surface area contributed by atoms with Crippen molar-refractivity contribution in [1.82, 2.24) is 0 Å². The molecule has 1 heterocycles. The fraction of sp³-hybridized carbons (Fsp3) is 0.500. The van der Waals surface area contributed by atoms with Crippen molar-refractivity contribution in [3.05, 3.63) is 29.3 Å². The van der Waals surface area contributed by atoms with Gasteiger partial charge in [0.2, 0.25) is 0 Å². The van der Waals surface area contributed by atoms with Crippen LogP contribution in [0.25, 0.3) is 0 Å². The van der Waals surface area contributed by atoms with E-state index in [0.29, 0.717) is 0 Å². The van der Waals surface area contributed by atoms with Gasteiger partial charge in [-0.25, -0.2) is 0 Å². The molecule has 0 saturated heterocycles. The minimum atomic E-state index is -0.877. The molecule has 4 heteroatoms. The molecule has 98 valence electrons.